The normalized spacial score (nSPS) is 16.3. The van der Waals surface area contributed by atoms with Crippen molar-refractivity contribution in [1.29, 1.82) is 0 Å². The summed E-state index contributed by atoms with van der Waals surface area (Å²) in [6.07, 6.45) is 0.944. The maximum absolute atomic E-state index is 10.8. The van der Waals surface area contributed by atoms with E-state index in [-0.39, 0.29) is 0 Å². The lowest BCUT2D eigenvalue weighted by atomic mass is 10.1. The van der Waals surface area contributed by atoms with Crippen LogP contribution in [0.2, 0.25) is 0 Å². The number of carboxylic acid groups (broad SMARTS) is 1. The number of carbonyl (C=O) groups is 1. The van der Waals surface area contributed by atoms with Crippen molar-refractivity contribution in [1.82, 2.24) is 4.90 Å². The molecule has 82 valence electrons. The van der Waals surface area contributed by atoms with Gasteiger partial charge in [0, 0.05) is 31.1 Å². The minimum atomic E-state index is -0.820. The van der Waals surface area contributed by atoms with Crippen molar-refractivity contribution in [3.8, 4) is 0 Å². The van der Waals surface area contributed by atoms with Gasteiger partial charge in [-0.1, -0.05) is 0 Å². The van der Waals surface area contributed by atoms with Crippen LogP contribution in [0.5, 0.6) is 0 Å². The summed E-state index contributed by atoms with van der Waals surface area (Å²) in [6.45, 7) is 3.39. The van der Waals surface area contributed by atoms with Crippen LogP contribution in [-0.4, -0.2) is 35.6 Å². The van der Waals surface area contributed by atoms with Gasteiger partial charge in [-0.25, -0.2) is 4.79 Å². The Kier molecular flexibility index (Phi) is 3.04. The average molecular weight is 226 g/mol. The molecule has 2 heterocycles. The molecule has 15 heavy (non-hydrogen) atoms. The third-order valence-corrected chi connectivity index (χ3v) is 3.77. The summed E-state index contributed by atoms with van der Waals surface area (Å²) in [5, 5.41) is 8.88. The molecule has 0 radical (unpaired) electrons. The van der Waals surface area contributed by atoms with Crippen LogP contribution in [0.1, 0.15) is 20.1 Å². The van der Waals surface area contributed by atoms with Crippen molar-refractivity contribution in [2.45, 2.75) is 13.0 Å². The first-order valence-electron chi connectivity index (χ1n) is 4.98. The number of nitrogens with two attached hydrogens (primary N) is 1. The minimum Gasteiger partial charge on any atom is -0.477 e. The van der Waals surface area contributed by atoms with E-state index in [1.54, 1.807) is 0 Å². The highest BCUT2D eigenvalue weighted by atomic mass is 32.1. The zero-order chi connectivity index (χ0) is 10.8. The lowest BCUT2D eigenvalue weighted by Gasteiger charge is -2.25. The van der Waals surface area contributed by atoms with Crippen LogP contribution in [0.15, 0.2) is 6.07 Å². The van der Waals surface area contributed by atoms with Crippen LogP contribution in [0.25, 0.3) is 0 Å². The summed E-state index contributed by atoms with van der Waals surface area (Å²) in [7, 11) is 0. The van der Waals surface area contributed by atoms with E-state index in [4.69, 9.17) is 10.8 Å². The Morgan fingerprint density at radius 3 is 3.13 bits per heavy atom. The molecule has 1 aliphatic heterocycles. The molecule has 0 aliphatic carbocycles. The molecule has 0 amide bonds. The van der Waals surface area contributed by atoms with Gasteiger partial charge in [-0.05, 0) is 18.1 Å². The molecule has 3 N–H and O–H groups in total. The summed E-state index contributed by atoms with van der Waals surface area (Å²) in [5.74, 6) is -0.820. The second-order valence-corrected chi connectivity index (χ2v) is 4.82. The van der Waals surface area contributed by atoms with Gasteiger partial charge in [0.25, 0.3) is 0 Å². The molecule has 4 nitrogen and oxygen atoms in total. The second-order valence-electron chi connectivity index (χ2n) is 3.68. The van der Waals surface area contributed by atoms with Gasteiger partial charge in [-0.2, -0.15) is 0 Å². The first kappa shape index (κ1) is 10.6. The number of fused-ring (bicyclic) bond motifs is 1. The Morgan fingerprint density at radius 2 is 2.47 bits per heavy atom. The van der Waals surface area contributed by atoms with Gasteiger partial charge in [0.15, 0.2) is 0 Å². The summed E-state index contributed by atoms with van der Waals surface area (Å²) in [4.78, 5) is 14.7. The van der Waals surface area contributed by atoms with E-state index in [1.807, 2.05) is 6.07 Å². The van der Waals surface area contributed by atoms with E-state index in [0.717, 1.165) is 26.1 Å². The van der Waals surface area contributed by atoms with Gasteiger partial charge in [0.2, 0.25) is 0 Å². The van der Waals surface area contributed by atoms with Gasteiger partial charge in [0.1, 0.15) is 4.88 Å². The van der Waals surface area contributed by atoms with Crippen molar-refractivity contribution >= 4 is 17.3 Å². The standard InChI is InChI=1S/C10H14N2O2S/c11-2-4-12-3-1-7-5-8(10(13)14)15-9(7)6-12/h5H,1-4,6,11H2,(H,13,14). The van der Waals surface area contributed by atoms with Crippen LogP contribution in [0.4, 0.5) is 0 Å². The molecule has 0 atom stereocenters. The molecular weight excluding hydrogens is 212 g/mol. The van der Waals surface area contributed by atoms with Crippen molar-refractivity contribution < 1.29 is 9.90 Å². The Balaban J connectivity index is 2.15. The van der Waals surface area contributed by atoms with Gasteiger partial charge >= 0.3 is 5.97 Å². The maximum atomic E-state index is 10.8. The zero-order valence-electron chi connectivity index (χ0n) is 8.40. The third-order valence-electron chi connectivity index (χ3n) is 2.62. The molecule has 0 aromatic carbocycles. The number of rotatable bonds is 3. The van der Waals surface area contributed by atoms with Crippen molar-refractivity contribution in [2.24, 2.45) is 5.73 Å². The van der Waals surface area contributed by atoms with Gasteiger partial charge in [-0.15, -0.1) is 11.3 Å². The molecule has 0 unspecified atom stereocenters. The van der Waals surface area contributed by atoms with E-state index < -0.39 is 5.97 Å². The average Bonchev–Trinajstić information content (AvgIpc) is 2.61. The predicted molar refractivity (Wildman–Crippen MR) is 59.3 cm³/mol. The molecule has 0 saturated carbocycles. The van der Waals surface area contributed by atoms with E-state index in [0.29, 0.717) is 11.4 Å². The van der Waals surface area contributed by atoms with Gasteiger partial charge in [-0.3, -0.25) is 4.90 Å². The third kappa shape index (κ3) is 2.19. The lowest BCUT2D eigenvalue weighted by Crippen LogP contribution is -2.33. The Labute approximate surface area is 92.3 Å². The first-order valence-corrected chi connectivity index (χ1v) is 5.79. The summed E-state index contributed by atoms with van der Waals surface area (Å²) in [6, 6.07) is 1.81. The van der Waals surface area contributed by atoms with Crippen molar-refractivity contribution in [3.05, 3.63) is 21.4 Å². The molecule has 0 fully saturated rings. The Hall–Kier alpha value is -0.910. The fourth-order valence-corrected chi connectivity index (χ4v) is 2.94. The van der Waals surface area contributed by atoms with Gasteiger partial charge < -0.3 is 10.8 Å². The van der Waals surface area contributed by atoms with E-state index in [9.17, 15) is 4.79 Å². The smallest absolute Gasteiger partial charge is 0.345 e. The van der Waals surface area contributed by atoms with Gasteiger partial charge in [0.05, 0.1) is 0 Å². The van der Waals surface area contributed by atoms with E-state index in [2.05, 4.69) is 4.90 Å². The maximum Gasteiger partial charge on any atom is 0.345 e. The van der Waals surface area contributed by atoms with Crippen LogP contribution in [-0.2, 0) is 13.0 Å². The van der Waals surface area contributed by atoms with E-state index >= 15 is 0 Å². The quantitative estimate of drug-likeness (QED) is 0.798. The monoisotopic (exact) mass is 226 g/mol. The molecule has 1 aromatic rings. The minimum absolute atomic E-state index is 0.453. The highest BCUT2D eigenvalue weighted by Crippen LogP contribution is 2.27. The number of nitrogens with zero attached hydrogens (tertiary/aromatic N) is 1. The topological polar surface area (TPSA) is 66.6 Å². The van der Waals surface area contributed by atoms with Crippen LogP contribution in [0.3, 0.4) is 0 Å². The van der Waals surface area contributed by atoms with Crippen LogP contribution < -0.4 is 5.73 Å². The number of hydrogen-bond donors (Lipinski definition) is 2. The zero-order valence-corrected chi connectivity index (χ0v) is 9.22. The number of aromatic carboxylic acids is 1. The number of thiophene rings is 1. The fourth-order valence-electron chi connectivity index (χ4n) is 1.85. The van der Waals surface area contributed by atoms with Crippen molar-refractivity contribution in [2.75, 3.05) is 19.6 Å². The SMILES string of the molecule is NCCN1CCc2cc(C(=O)O)sc2C1. The van der Waals surface area contributed by atoms with Crippen molar-refractivity contribution in [3.63, 3.8) is 0 Å². The lowest BCUT2D eigenvalue weighted by molar-refractivity contribution is 0.0702. The summed E-state index contributed by atoms with van der Waals surface area (Å²) in [5.41, 5.74) is 6.70. The highest BCUT2D eigenvalue weighted by molar-refractivity contribution is 7.14. The highest BCUT2D eigenvalue weighted by Gasteiger charge is 2.20. The molecule has 5 heteroatoms. The predicted octanol–water partition coefficient (Wildman–Crippen LogP) is 0.763. The summed E-state index contributed by atoms with van der Waals surface area (Å²) < 4.78 is 0. The first-order chi connectivity index (χ1) is 7.20. The second kappa shape index (κ2) is 4.30. The molecular formula is C10H14N2O2S. The molecule has 0 spiro atoms. The number of carboxylic acids is 1. The summed E-state index contributed by atoms with van der Waals surface area (Å²) >= 11 is 1.39. The molecule has 2 rings (SSSR count). The largest absolute Gasteiger partial charge is 0.477 e. The molecule has 1 aromatic heterocycles. The van der Waals surface area contributed by atoms with Crippen LogP contribution in [0, 0.1) is 0 Å². The Bertz CT molecular complexity index is 375. The Morgan fingerprint density at radius 1 is 1.67 bits per heavy atom. The van der Waals surface area contributed by atoms with Crippen LogP contribution >= 0.6 is 11.3 Å². The fraction of sp³-hybridized carbons (Fsp3) is 0.500. The molecule has 1 aliphatic rings. The van der Waals surface area contributed by atoms with E-state index in [1.165, 1.54) is 21.8 Å². The molecule has 0 saturated heterocycles. The number of hydrogen-bond acceptors (Lipinski definition) is 4. The molecule has 0 bridgehead atoms.